The Kier molecular flexibility index (Phi) is 14.9. The molecule has 0 radical (unpaired) electrons. The molecule has 3 aromatic rings. The summed E-state index contributed by atoms with van der Waals surface area (Å²) in [7, 11) is 0. The number of hydrogen-bond acceptors (Lipinski definition) is 7. The number of unbranched alkanes of at least 4 members (excludes halogenated alkanes) is 15. The maximum absolute atomic E-state index is 10.9. The molecule has 0 amide bonds. The van der Waals surface area contributed by atoms with E-state index >= 15 is 0 Å². The first-order valence-corrected chi connectivity index (χ1v) is 16.6. The summed E-state index contributed by atoms with van der Waals surface area (Å²) in [4.78, 5) is 0.457. The van der Waals surface area contributed by atoms with Crippen molar-refractivity contribution in [2.75, 3.05) is 6.61 Å². The molecule has 42 heavy (non-hydrogen) atoms. The van der Waals surface area contributed by atoms with E-state index in [1.54, 1.807) is 13.0 Å². The van der Waals surface area contributed by atoms with Crippen LogP contribution in [0, 0.1) is 29.6 Å². The van der Waals surface area contributed by atoms with Crippen molar-refractivity contribution in [3.8, 4) is 23.6 Å². The molecule has 0 atom stereocenters. The number of nitrogens with zero attached hydrogens (tertiary/aromatic N) is 4. The molecule has 1 aromatic heterocycles. The van der Waals surface area contributed by atoms with Gasteiger partial charge in [0.15, 0.2) is 16.5 Å². The van der Waals surface area contributed by atoms with Crippen LogP contribution in [0.25, 0.3) is 10.8 Å². The van der Waals surface area contributed by atoms with Crippen molar-refractivity contribution in [3.05, 3.63) is 46.3 Å². The van der Waals surface area contributed by atoms with Crippen LogP contribution in [0.1, 0.15) is 126 Å². The van der Waals surface area contributed by atoms with Gasteiger partial charge < -0.3 is 9.84 Å². The SMILES string of the molecule is CCCCCCCCCCCCCCCCCCOc1cc(N=Nc2sc(C#N)c(C)c2C#N)c2ccccc2c1O. The number of thiophene rings is 1. The highest BCUT2D eigenvalue weighted by Crippen LogP contribution is 2.42. The van der Waals surface area contributed by atoms with Gasteiger partial charge in [-0.25, -0.2) is 0 Å². The standard InChI is InChI=1S/C35H46N4O2S/c1-3-4-5-6-7-8-9-10-11-12-13-14-15-16-17-20-23-41-32-24-31(28-21-18-19-22-29(28)34(32)40)38-39-35-30(25-36)27(2)33(26-37)42-35/h18-19,21-22,24,40H,3-17,20,23H2,1-2H3. The number of benzene rings is 2. The lowest BCUT2D eigenvalue weighted by atomic mass is 10.0. The fourth-order valence-electron chi connectivity index (χ4n) is 5.25. The second kappa shape index (κ2) is 18.9. The zero-order valence-electron chi connectivity index (χ0n) is 25.5. The highest BCUT2D eigenvalue weighted by molar-refractivity contribution is 7.16. The van der Waals surface area contributed by atoms with Gasteiger partial charge in [0, 0.05) is 16.8 Å². The monoisotopic (exact) mass is 586 g/mol. The van der Waals surface area contributed by atoms with Crippen LogP contribution >= 0.6 is 11.3 Å². The van der Waals surface area contributed by atoms with Crippen molar-refractivity contribution in [1.29, 1.82) is 10.5 Å². The first-order valence-electron chi connectivity index (χ1n) is 15.8. The molecule has 2 aromatic carbocycles. The molecule has 1 N–H and O–H groups in total. The summed E-state index contributed by atoms with van der Waals surface area (Å²) in [6, 6.07) is 13.4. The van der Waals surface area contributed by atoms with Crippen molar-refractivity contribution >= 4 is 32.8 Å². The largest absolute Gasteiger partial charge is 0.504 e. The van der Waals surface area contributed by atoms with Gasteiger partial charge in [0.2, 0.25) is 0 Å². The molecule has 0 aliphatic heterocycles. The third-order valence-corrected chi connectivity index (χ3v) is 8.89. The Balaban J connectivity index is 1.40. The molecular formula is C35H46N4O2S. The molecule has 0 unspecified atom stereocenters. The Bertz CT molecular complexity index is 1370. The van der Waals surface area contributed by atoms with Crippen LogP contribution in [-0.4, -0.2) is 11.7 Å². The average Bonchev–Trinajstić information content (AvgIpc) is 3.33. The topological polar surface area (TPSA) is 102 Å². The van der Waals surface area contributed by atoms with Gasteiger partial charge in [0.1, 0.15) is 17.0 Å². The first kappa shape index (κ1) is 33.1. The number of hydrogen-bond donors (Lipinski definition) is 1. The highest BCUT2D eigenvalue weighted by Gasteiger charge is 2.16. The minimum Gasteiger partial charge on any atom is -0.504 e. The Hall–Kier alpha value is -3.42. The molecule has 0 bridgehead atoms. The zero-order valence-corrected chi connectivity index (χ0v) is 26.3. The van der Waals surface area contributed by atoms with Gasteiger partial charge in [-0.2, -0.15) is 10.5 Å². The van der Waals surface area contributed by atoms with Crippen LogP contribution in [0.2, 0.25) is 0 Å². The summed E-state index contributed by atoms with van der Waals surface area (Å²) in [6.45, 7) is 4.54. The smallest absolute Gasteiger partial charge is 0.165 e. The molecule has 224 valence electrons. The molecule has 0 aliphatic rings. The average molecular weight is 587 g/mol. The Morgan fingerprint density at radius 1 is 0.762 bits per heavy atom. The van der Waals surface area contributed by atoms with E-state index in [0.29, 0.717) is 44.4 Å². The minimum atomic E-state index is 0.0949. The van der Waals surface area contributed by atoms with Gasteiger partial charge in [-0.15, -0.1) is 21.6 Å². The van der Waals surface area contributed by atoms with Gasteiger partial charge in [0.25, 0.3) is 0 Å². The van der Waals surface area contributed by atoms with Crippen LogP contribution in [0.5, 0.6) is 11.5 Å². The summed E-state index contributed by atoms with van der Waals surface area (Å²) in [5, 5.41) is 40.2. The number of azo groups is 1. The Morgan fingerprint density at radius 2 is 1.31 bits per heavy atom. The lowest BCUT2D eigenvalue weighted by Crippen LogP contribution is -1.98. The fourth-order valence-corrected chi connectivity index (χ4v) is 6.12. The molecule has 0 fully saturated rings. The highest BCUT2D eigenvalue weighted by atomic mass is 32.1. The summed E-state index contributed by atoms with van der Waals surface area (Å²) < 4.78 is 6.00. The van der Waals surface area contributed by atoms with E-state index in [9.17, 15) is 15.6 Å². The predicted octanol–water partition coefficient (Wildman–Crippen LogP) is 11.7. The quantitative estimate of drug-likeness (QED) is 0.105. The third kappa shape index (κ3) is 10.1. The number of fused-ring (bicyclic) bond motifs is 1. The molecule has 3 rings (SSSR count). The van der Waals surface area contributed by atoms with Gasteiger partial charge in [-0.05, 0) is 18.9 Å². The van der Waals surface area contributed by atoms with Crippen molar-refractivity contribution < 1.29 is 9.84 Å². The van der Waals surface area contributed by atoms with Gasteiger partial charge in [0.05, 0.1) is 17.9 Å². The summed E-state index contributed by atoms with van der Waals surface area (Å²) >= 11 is 1.15. The van der Waals surface area contributed by atoms with Crippen molar-refractivity contribution in [1.82, 2.24) is 0 Å². The van der Waals surface area contributed by atoms with Crippen molar-refractivity contribution in [2.24, 2.45) is 10.2 Å². The molecule has 0 saturated heterocycles. The van der Waals surface area contributed by atoms with Gasteiger partial charge in [-0.1, -0.05) is 128 Å². The van der Waals surface area contributed by atoms with E-state index in [1.807, 2.05) is 24.3 Å². The van der Waals surface area contributed by atoms with Crippen LogP contribution in [0.4, 0.5) is 10.7 Å². The van der Waals surface area contributed by atoms with E-state index in [0.717, 1.165) is 29.6 Å². The number of phenols is 1. The van der Waals surface area contributed by atoms with Crippen LogP contribution in [0.3, 0.4) is 0 Å². The number of ether oxygens (including phenoxy) is 1. The maximum Gasteiger partial charge on any atom is 0.165 e. The fraction of sp³-hybridized carbons (Fsp3) is 0.543. The third-order valence-electron chi connectivity index (χ3n) is 7.80. The number of phenolic OH excluding ortho intramolecular Hbond substituents is 1. The van der Waals surface area contributed by atoms with E-state index in [-0.39, 0.29) is 5.75 Å². The van der Waals surface area contributed by atoms with Gasteiger partial charge >= 0.3 is 0 Å². The van der Waals surface area contributed by atoms with E-state index in [1.165, 1.54) is 89.9 Å². The first-order chi connectivity index (χ1) is 20.6. The second-order valence-corrected chi connectivity index (χ2v) is 12.1. The van der Waals surface area contributed by atoms with Crippen LogP contribution in [-0.2, 0) is 0 Å². The molecule has 0 aliphatic carbocycles. The van der Waals surface area contributed by atoms with E-state index < -0.39 is 0 Å². The maximum atomic E-state index is 10.9. The Morgan fingerprint density at radius 3 is 1.86 bits per heavy atom. The van der Waals surface area contributed by atoms with E-state index in [4.69, 9.17) is 4.74 Å². The van der Waals surface area contributed by atoms with Crippen molar-refractivity contribution in [3.63, 3.8) is 0 Å². The summed E-state index contributed by atoms with van der Waals surface area (Å²) in [5.41, 5.74) is 1.53. The molecular weight excluding hydrogens is 540 g/mol. The lowest BCUT2D eigenvalue weighted by molar-refractivity contribution is 0.290. The van der Waals surface area contributed by atoms with Gasteiger partial charge in [-0.3, -0.25) is 0 Å². The number of aromatic hydroxyl groups is 1. The summed E-state index contributed by atoms with van der Waals surface area (Å²) in [6.07, 6.45) is 21.1. The normalized spacial score (nSPS) is 11.2. The minimum absolute atomic E-state index is 0.0949. The number of rotatable bonds is 20. The summed E-state index contributed by atoms with van der Waals surface area (Å²) in [5.74, 6) is 0.474. The number of nitriles is 2. The predicted molar refractivity (Wildman–Crippen MR) is 173 cm³/mol. The molecule has 6 nitrogen and oxygen atoms in total. The Labute approximate surface area is 256 Å². The molecule has 1 heterocycles. The lowest BCUT2D eigenvalue weighted by Gasteiger charge is -2.12. The second-order valence-electron chi connectivity index (χ2n) is 11.1. The molecule has 7 heteroatoms. The van der Waals surface area contributed by atoms with Crippen LogP contribution < -0.4 is 4.74 Å². The van der Waals surface area contributed by atoms with E-state index in [2.05, 4.69) is 29.3 Å². The van der Waals surface area contributed by atoms with Crippen molar-refractivity contribution in [2.45, 2.75) is 117 Å². The molecule has 0 saturated carbocycles. The molecule has 0 spiro atoms. The zero-order chi connectivity index (χ0) is 30.0. The van der Waals surface area contributed by atoms with Crippen LogP contribution in [0.15, 0.2) is 40.6 Å².